The number of imide groups is 1. The molecule has 0 bridgehead atoms. The van der Waals surface area contributed by atoms with Gasteiger partial charge in [0.2, 0.25) is 41.4 Å². The Bertz CT molecular complexity index is 2380. The molecule has 7 rings (SSSR count). The van der Waals surface area contributed by atoms with Crippen LogP contribution in [0.2, 0.25) is 0 Å². The molecule has 4 aromatic rings. The van der Waals surface area contributed by atoms with Gasteiger partial charge in [-0.3, -0.25) is 48.0 Å². The number of piperidine rings is 1. The number of hydrogen-bond donors (Lipinski definition) is 5. The number of nitrogens with one attached hydrogen (secondary N) is 3. The van der Waals surface area contributed by atoms with Crippen LogP contribution in [0.15, 0.2) is 83.7 Å². The molecule has 1 unspecified atom stereocenters. The summed E-state index contributed by atoms with van der Waals surface area (Å²) in [7, 11) is 1.63. The summed E-state index contributed by atoms with van der Waals surface area (Å²) in [6, 6.07) is 19.3. The monoisotopic (exact) mass is 847 g/mol. The quantitative estimate of drug-likeness (QED) is 0.115. The molecule has 3 fully saturated rings. The summed E-state index contributed by atoms with van der Waals surface area (Å²) in [5.74, 6) is -3.21. The number of benzene rings is 3. The molecule has 0 radical (unpaired) electrons. The van der Waals surface area contributed by atoms with Crippen LogP contribution in [0.25, 0.3) is 11.0 Å². The lowest BCUT2D eigenvalue weighted by Crippen LogP contribution is -2.60. The first-order chi connectivity index (χ1) is 29.8. The van der Waals surface area contributed by atoms with Gasteiger partial charge in [-0.2, -0.15) is 0 Å². The fraction of sp³-hybridized carbons (Fsp3) is 0.422. The van der Waals surface area contributed by atoms with Gasteiger partial charge in [-0.05, 0) is 67.7 Å². The number of aromatic nitrogens is 2. The highest BCUT2D eigenvalue weighted by molar-refractivity contribution is 6.00. The summed E-state index contributed by atoms with van der Waals surface area (Å²) in [6.45, 7) is 0.274. The average Bonchev–Trinajstić information content (AvgIpc) is 3.80. The highest BCUT2D eigenvalue weighted by Gasteiger charge is 2.45. The Balaban J connectivity index is 0.983. The van der Waals surface area contributed by atoms with E-state index in [0.29, 0.717) is 49.7 Å². The fourth-order valence-corrected chi connectivity index (χ4v) is 9.14. The number of amides is 7. The average molecular weight is 848 g/mol. The number of primary amides is 1. The van der Waals surface area contributed by atoms with Gasteiger partial charge < -0.3 is 31.9 Å². The maximum atomic E-state index is 14.0. The molecule has 7 N–H and O–H groups in total. The molecule has 3 aliphatic rings. The van der Waals surface area contributed by atoms with Crippen LogP contribution in [0, 0.1) is 0 Å². The van der Waals surface area contributed by atoms with E-state index in [4.69, 9.17) is 11.5 Å². The standard InChI is InChI=1S/C45H53N9O8/c1-51-40-29(14-8-16-33(40)54(45(51)62)35-21-23-37(56)49-43(35)60)15-9-17-38(57)52-25-24-30-18-20-34(53(30)44(61)31(46)26-52)42(59)48-32(19-22-36(47)55)41(58)50-39(27-10-4-2-5-11-27)28-12-6-3-7-13-28/h2-8,10-14,16,30-32,34-35,39H,9,15,17-26,46H2,1H3,(H2,47,55)(H,48,59)(H,50,58)(H,49,56,60)/t30-,31+,32+,34+,35?/m1/s1. The normalized spacial score (nSPS) is 20.9. The molecule has 7 amide bonds. The second-order valence-electron chi connectivity index (χ2n) is 16.4. The Labute approximate surface area is 358 Å². The molecule has 4 heterocycles. The number of aryl methyl sites for hydroxylation is 2. The second kappa shape index (κ2) is 19.0. The van der Waals surface area contributed by atoms with Crippen molar-refractivity contribution in [2.45, 2.75) is 100 Å². The van der Waals surface area contributed by atoms with Crippen LogP contribution in [-0.4, -0.2) is 97.5 Å². The molecule has 1 aromatic heterocycles. The van der Waals surface area contributed by atoms with E-state index < -0.39 is 59.7 Å². The first-order valence-corrected chi connectivity index (χ1v) is 21.2. The van der Waals surface area contributed by atoms with E-state index in [1.54, 1.807) is 24.1 Å². The number of hydrogen-bond acceptors (Lipinski definition) is 9. The molecule has 0 aliphatic carbocycles. The van der Waals surface area contributed by atoms with E-state index >= 15 is 0 Å². The van der Waals surface area contributed by atoms with E-state index in [9.17, 15) is 38.4 Å². The Hall–Kier alpha value is -6.62. The van der Waals surface area contributed by atoms with Crippen LogP contribution in [0.5, 0.6) is 0 Å². The largest absolute Gasteiger partial charge is 0.370 e. The van der Waals surface area contributed by atoms with Gasteiger partial charge >= 0.3 is 5.69 Å². The summed E-state index contributed by atoms with van der Waals surface area (Å²) in [6.07, 6.45) is 2.43. The van der Waals surface area contributed by atoms with Gasteiger partial charge in [0.1, 0.15) is 24.2 Å². The molecule has 0 saturated carbocycles. The molecular formula is C45H53N9O8. The predicted molar refractivity (Wildman–Crippen MR) is 228 cm³/mol. The van der Waals surface area contributed by atoms with Gasteiger partial charge in [0.15, 0.2) is 0 Å². The van der Waals surface area contributed by atoms with Gasteiger partial charge in [-0.25, -0.2) is 4.79 Å². The van der Waals surface area contributed by atoms with Crippen molar-refractivity contribution in [1.82, 2.24) is 34.9 Å². The van der Waals surface area contributed by atoms with Gasteiger partial charge in [0.25, 0.3) is 0 Å². The maximum absolute atomic E-state index is 14.0. The lowest BCUT2D eigenvalue weighted by Gasteiger charge is -2.37. The SMILES string of the molecule is Cn1c(=O)n(C2CCC(=O)NC2=O)c2cccc(CCCC(=O)N3CC[C@H]4CC[C@@H](C(=O)N[C@@H](CCC(N)=O)C(=O)NC(c5ccccc5)c5ccccc5)N4C(=O)[C@@H](N)C3)c21. The zero-order valence-corrected chi connectivity index (χ0v) is 34.7. The fourth-order valence-electron chi connectivity index (χ4n) is 9.14. The molecule has 3 aliphatic heterocycles. The third-order valence-corrected chi connectivity index (χ3v) is 12.3. The smallest absolute Gasteiger partial charge is 0.329 e. The zero-order chi connectivity index (χ0) is 44.1. The number of nitrogens with two attached hydrogens (primary N) is 2. The first-order valence-electron chi connectivity index (χ1n) is 21.2. The molecular weight excluding hydrogens is 795 g/mol. The summed E-state index contributed by atoms with van der Waals surface area (Å²) < 4.78 is 2.92. The van der Waals surface area contributed by atoms with Crippen LogP contribution >= 0.6 is 0 Å². The minimum absolute atomic E-state index is 0.0435. The van der Waals surface area contributed by atoms with Crippen molar-refractivity contribution in [3.8, 4) is 0 Å². The van der Waals surface area contributed by atoms with Gasteiger partial charge in [0.05, 0.1) is 17.1 Å². The molecule has 3 aromatic carbocycles. The number of nitrogens with zero attached hydrogens (tertiary/aromatic N) is 4. The lowest BCUT2D eigenvalue weighted by atomic mass is 9.98. The number of carbonyl (C=O) groups is 7. The highest BCUT2D eigenvalue weighted by Crippen LogP contribution is 2.31. The zero-order valence-electron chi connectivity index (χ0n) is 34.7. The summed E-state index contributed by atoms with van der Waals surface area (Å²) >= 11 is 0. The number of carbonyl (C=O) groups excluding carboxylic acids is 7. The lowest BCUT2D eigenvalue weighted by molar-refractivity contribution is -0.145. The molecule has 62 heavy (non-hydrogen) atoms. The van der Waals surface area contributed by atoms with Crippen LogP contribution in [-0.2, 0) is 47.0 Å². The van der Waals surface area contributed by atoms with Gasteiger partial charge in [-0.1, -0.05) is 72.8 Å². The van der Waals surface area contributed by atoms with Crippen molar-refractivity contribution in [3.63, 3.8) is 0 Å². The van der Waals surface area contributed by atoms with Gasteiger partial charge in [-0.15, -0.1) is 0 Å². The van der Waals surface area contributed by atoms with E-state index in [0.717, 1.165) is 16.7 Å². The second-order valence-corrected chi connectivity index (χ2v) is 16.4. The molecule has 17 nitrogen and oxygen atoms in total. The van der Waals surface area contributed by atoms with Crippen molar-refractivity contribution < 1.29 is 33.6 Å². The number of rotatable bonds is 14. The Morgan fingerprint density at radius 3 is 2.19 bits per heavy atom. The molecule has 326 valence electrons. The van der Waals surface area contributed by atoms with Gasteiger partial charge in [0, 0.05) is 45.4 Å². The topological polar surface area (TPSA) is 241 Å². The molecule has 0 spiro atoms. The number of fused-ring (bicyclic) bond motifs is 2. The van der Waals surface area contributed by atoms with E-state index in [1.165, 1.54) is 14.0 Å². The summed E-state index contributed by atoms with van der Waals surface area (Å²) in [4.78, 5) is 108. The van der Waals surface area contributed by atoms with Crippen LogP contribution in [0.4, 0.5) is 0 Å². The van der Waals surface area contributed by atoms with E-state index in [-0.39, 0.29) is 62.2 Å². The first kappa shape index (κ1) is 43.5. The van der Waals surface area contributed by atoms with Crippen molar-refractivity contribution in [2.24, 2.45) is 18.5 Å². The maximum Gasteiger partial charge on any atom is 0.329 e. The molecule has 17 heteroatoms. The summed E-state index contributed by atoms with van der Waals surface area (Å²) in [5, 5.41) is 8.19. The molecule has 3 saturated heterocycles. The van der Waals surface area contributed by atoms with E-state index in [1.807, 2.05) is 66.7 Å². The van der Waals surface area contributed by atoms with Crippen molar-refractivity contribution in [3.05, 3.63) is 106 Å². The third-order valence-electron chi connectivity index (χ3n) is 12.3. The number of para-hydroxylation sites is 1. The van der Waals surface area contributed by atoms with Crippen LogP contribution in [0.1, 0.15) is 86.6 Å². The number of imidazole rings is 1. The Kier molecular flexibility index (Phi) is 13.3. The molecule has 5 atom stereocenters. The van der Waals surface area contributed by atoms with E-state index in [2.05, 4.69) is 16.0 Å². The summed E-state index contributed by atoms with van der Waals surface area (Å²) in [5.41, 5.74) is 15.3. The van der Waals surface area contributed by atoms with Crippen molar-refractivity contribution in [1.29, 1.82) is 0 Å². The van der Waals surface area contributed by atoms with Crippen LogP contribution < -0.4 is 33.1 Å². The van der Waals surface area contributed by atoms with Crippen molar-refractivity contribution >= 4 is 52.4 Å². The minimum atomic E-state index is -1.13. The van der Waals surface area contributed by atoms with Crippen molar-refractivity contribution in [2.75, 3.05) is 13.1 Å². The highest BCUT2D eigenvalue weighted by atomic mass is 16.2. The minimum Gasteiger partial charge on any atom is -0.370 e. The van der Waals surface area contributed by atoms with Crippen LogP contribution in [0.3, 0.4) is 0 Å². The Morgan fingerprint density at radius 2 is 1.53 bits per heavy atom. The Morgan fingerprint density at radius 1 is 0.839 bits per heavy atom. The third kappa shape index (κ3) is 9.32. The predicted octanol–water partition coefficient (Wildman–Crippen LogP) is 1.22.